The van der Waals surface area contributed by atoms with Crippen LogP contribution < -0.4 is 5.73 Å². The molecule has 0 atom stereocenters. The van der Waals surface area contributed by atoms with Gasteiger partial charge in [-0.3, -0.25) is 4.98 Å². The molecule has 4 nitrogen and oxygen atoms in total. The molecule has 17 heavy (non-hydrogen) atoms. The van der Waals surface area contributed by atoms with Crippen molar-refractivity contribution in [3.8, 4) is 11.4 Å². The van der Waals surface area contributed by atoms with Crippen LogP contribution in [0.25, 0.3) is 11.4 Å². The molecule has 2 heterocycles. The minimum absolute atomic E-state index is 0.217. The summed E-state index contributed by atoms with van der Waals surface area (Å²) in [4.78, 5) is 13.1. The number of nitrogens with two attached hydrogens (primary N) is 1. The van der Waals surface area contributed by atoms with E-state index in [9.17, 15) is 0 Å². The topological polar surface area (TPSA) is 64.7 Å². The molecule has 0 bridgehead atoms. The summed E-state index contributed by atoms with van der Waals surface area (Å²) < 4.78 is 0. The van der Waals surface area contributed by atoms with Crippen LogP contribution >= 0.6 is 0 Å². The summed E-state index contributed by atoms with van der Waals surface area (Å²) in [5, 5.41) is 0. The third-order valence-electron chi connectivity index (χ3n) is 2.70. The van der Waals surface area contributed by atoms with Gasteiger partial charge in [-0.05, 0) is 18.2 Å². The highest BCUT2D eigenvalue weighted by Crippen LogP contribution is 2.20. The quantitative estimate of drug-likeness (QED) is 0.869. The van der Waals surface area contributed by atoms with Crippen molar-refractivity contribution < 1.29 is 0 Å². The molecule has 0 amide bonds. The largest absolute Gasteiger partial charge is 0.329 e. The van der Waals surface area contributed by atoms with E-state index in [4.69, 9.17) is 5.73 Å². The van der Waals surface area contributed by atoms with E-state index in [-0.39, 0.29) is 5.41 Å². The van der Waals surface area contributed by atoms with E-state index in [0.29, 0.717) is 6.54 Å². The van der Waals surface area contributed by atoms with Crippen molar-refractivity contribution in [2.45, 2.75) is 19.3 Å². The molecule has 0 aliphatic carbocycles. The van der Waals surface area contributed by atoms with E-state index >= 15 is 0 Å². The molecule has 4 heteroatoms. The van der Waals surface area contributed by atoms with Gasteiger partial charge in [-0.25, -0.2) is 9.97 Å². The third-order valence-corrected chi connectivity index (χ3v) is 2.70. The summed E-state index contributed by atoms with van der Waals surface area (Å²) in [6, 6.07) is 7.62. The minimum atomic E-state index is -0.217. The van der Waals surface area contributed by atoms with Gasteiger partial charge in [0.2, 0.25) is 0 Å². The Morgan fingerprint density at radius 1 is 1.06 bits per heavy atom. The molecule has 0 saturated heterocycles. The van der Waals surface area contributed by atoms with Crippen LogP contribution in [0.15, 0.2) is 36.7 Å². The normalized spacial score (nSPS) is 11.5. The fourth-order valence-corrected chi connectivity index (χ4v) is 1.43. The lowest BCUT2D eigenvalue weighted by atomic mass is 9.92. The van der Waals surface area contributed by atoms with Gasteiger partial charge in [0, 0.05) is 24.4 Å². The van der Waals surface area contributed by atoms with Crippen LogP contribution in [-0.4, -0.2) is 21.5 Å². The maximum absolute atomic E-state index is 5.73. The molecule has 2 N–H and O–H groups in total. The maximum Gasteiger partial charge on any atom is 0.135 e. The number of hydrogen-bond acceptors (Lipinski definition) is 4. The standard InChI is InChI=1S/C13H16N4/c1-13(2,9-14)12-16-8-6-11(17-12)10-5-3-4-7-15-10/h3-8H,9,14H2,1-2H3. The molecule has 2 rings (SSSR count). The minimum Gasteiger partial charge on any atom is -0.329 e. The molecule has 0 aliphatic rings. The first-order valence-corrected chi connectivity index (χ1v) is 5.58. The second-order valence-electron chi connectivity index (χ2n) is 4.57. The van der Waals surface area contributed by atoms with Gasteiger partial charge in [0.15, 0.2) is 0 Å². The van der Waals surface area contributed by atoms with Crippen molar-refractivity contribution in [2.24, 2.45) is 5.73 Å². The smallest absolute Gasteiger partial charge is 0.135 e. The van der Waals surface area contributed by atoms with E-state index in [2.05, 4.69) is 15.0 Å². The predicted molar refractivity (Wildman–Crippen MR) is 67.3 cm³/mol. The Balaban J connectivity index is 2.42. The summed E-state index contributed by atoms with van der Waals surface area (Å²) in [5.74, 6) is 0.753. The monoisotopic (exact) mass is 228 g/mol. The Morgan fingerprint density at radius 2 is 1.88 bits per heavy atom. The molecule has 0 saturated carbocycles. The number of nitrogens with zero attached hydrogens (tertiary/aromatic N) is 3. The summed E-state index contributed by atoms with van der Waals surface area (Å²) >= 11 is 0. The maximum atomic E-state index is 5.73. The second-order valence-corrected chi connectivity index (χ2v) is 4.57. The van der Waals surface area contributed by atoms with Crippen LogP contribution in [0.5, 0.6) is 0 Å². The van der Waals surface area contributed by atoms with E-state index in [1.807, 2.05) is 38.1 Å². The van der Waals surface area contributed by atoms with Crippen molar-refractivity contribution in [3.05, 3.63) is 42.5 Å². The molecule has 0 spiro atoms. The van der Waals surface area contributed by atoms with Gasteiger partial charge < -0.3 is 5.73 Å². The van der Waals surface area contributed by atoms with Gasteiger partial charge in [-0.15, -0.1) is 0 Å². The van der Waals surface area contributed by atoms with Crippen LogP contribution in [0.4, 0.5) is 0 Å². The van der Waals surface area contributed by atoms with Crippen LogP contribution in [0.2, 0.25) is 0 Å². The molecule has 2 aromatic rings. The number of hydrogen-bond donors (Lipinski definition) is 1. The molecular weight excluding hydrogens is 212 g/mol. The Kier molecular flexibility index (Phi) is 3.15. The van der Waals surface area contributed by atoms with Crippen molar-refractivity contribution in [3.63, 3.8) is 0 Å². The second kappa shape index (κ2) is 4.59. The van der Waals surface area contributed by atoms with Crippen LogP contribution in [0.1, 0.15) is 19.7 Å². The van der Waals surface area contributed by atoms with Crippen molar-refractivity contribution in [2.75, 3.05) is 6.54 Å². The fourth-order valence-electron chi connectivity index (χ4n) is 1.43. The molecule has 0 fully saturated rings. The summed E-state index contributed by atoms with van der Waals surface area (Å²) in [6.45, 7) is 4.58. The van der Waals surface area contributed by atoms with Gasteiger partial charge in [0.05, 0.1) is 11.4 Å². The zero-order valence-corrected chi connectivity index (χ0v) is 10.1. The predicted octanol–water partition coefficient (Wildman–Crippen LogP) is 1.77. The zero-order valence-electron chi connectivity index (χ0n) is 10.1. The first-order valence-electron chi connectivity index (χ1n) is 5.58. The third kappa shape index (κ3) is 2.47. The zero-order chi connectivity index (χ0) is 12.3. The lowest BCUT2D eigenvalue weighted by molar-refractivity contribution is 0.502. The van der Waals surface area contributed by atoms with E-state index in [1.165, 1.54) is 0 Å². The Morgan fingerprint density at radius 3 is 2.53 bits per heavy atom. The van der Waals surface area contributed by atoms with Crippen LogP contribution in [-0.2, 0) is 5.41 Å². The van der Waals surface area contributed by atoms with Crippen LogP contribution in [0.3, 0.4) is 0 Å². The highest BCUT2D eigenvalue weighted by Gasteiger charge is 2.22. The van der Waals surface area contributed by atoms with Gasteiger partial charge in [-0.1, -0.05) is 19.9 Å². The van der Waals surface area contributed by atoms with Crippen molar-refractivity contribution in [1.29, 1.82) is 0 Å². The van der Waals surface area contributed by atoms with Gasteiger partial charge in [0.1, 0.15) is 5.82 Å². The van der Waals surface area contributed by atoms with Crippen molar-refractivity contribution in [1.82, 2.24) is 15.0 Å². The molecule has 0 aromatic carbocycles. The fraction of sp³-hybridized carbons (Fsp3) is 0.308. The van der Waals surface area contributed by atoms with E-state index < -0.39 is 0 Å². The van der Waals surface area contributed by atoms with Gasteiger partial charge in [0.25, 0.3) is 0 Å². The average Bonchev–Trinajstić information content (AvgIpc) is 2.40. The van der Waals surface area contributed by atoms with E-state index in [1.54, 1.807) is 12.4 Å². The molecule has 0 radical (unpaired) electrons. The van der Waals surface area contributed by atoms with Gasteiger partial charge >= 0.3 is 0 Å². The molecule has 0 aliphatic heterocycles. The Bertz CT molecular complexity index is 494. The highest BCUT2D eigenvalue weighted by atomic mass is 14.9. The number of rotatable bonds is 3. The number of pyridine rings is 1. The SMILES string of the molecule is CC(C)(CN)c1nccc(-c2ccccn2)n1. The Hall–Kier alpha value is -1.81. The first-order chi connectivity index (χ1) is 8.13. The van der Waals surface area contributed by atoms with E-state index in [0.717, 1.165) is 17.2 Å². The highest BCUT2D eigenvalue weighted by molar-refractivity contribution is 5.52. The van der Waals surface area contributed by atoms with Crippen molar-refractivity contribution >= 4 is 0 Å². The molecule has 2 aromatic heterocycles. The molecule has 0 unspecified atom stereocenters. The average molecular weight is 228 g/mol. The Labute approximate surface area is 101 Å². The lowest BCUT2D eigenvalue weighted by Crippen LogP contribution is -2.30. The van der Waals surface area contributed by atoms with Gasteiger partial charge in [-0.2, -0.15) is 0 Å². The molecular formula is C13H16N4. The first kappa shape index (κ1) is 11.7. The lowest BCUT2D eigenvalue weighted by Gasteiger charge is -2.20. The summed E-state index contributed by atoms with van der Waals surface area (Å²) in [5.41, 5.74) is 7.20. The van der Waals surface area contributed by atoms with Crippen LogP contribution in [0, 0.1) is 0 Å². The summed E-state index contributed by atoms with van der Waals surface area (Å²) in [6.07, 6.45) is 3.51. The molecule has 88 valence electrons. The number of aromatic nitrogens is 3. The summed E-state index contributed by atoms with van der Waals surface area (Å²) in [7, 11) is 0.